The number of hydrogen-bond acceptors (Lipinski definition) is 4. The van der Waals surface area contributed by atoms with Crippen LogP contribution < -0.4 is 4.90 Å². The number of aliphatic hydroxyl groups is 1. The maximum Gasteiger partial charge on any atom is 0.123 e. The lowest BCUT2D eigenvalue weighted by molar-refractivity contribution is 0.0100. The van der Waals surface area contributed by atoms with Gasteiger partial charge >= 0.3 is 0 Å². The zero-order chi connectivity index (χ0) is 18.6. The first-order valence-corrected chi connectivity index (χ1v) is 10.7. The molecule has 2 bridgehead atoms. The monoisotopic (exact) mass is 376 g/mol. The summed E-state index contributed by atoms with van der Waals surface area (Å²) in [6, 6.07) is 6.70. The molecule has 1 heterocycles. The third-order valence-corrected chi connectivity index (χ3v) is 6.86. The van der Waals surface area contributed by atoms with E-state index in [-0.39, 0.29) is 5.82 Å². The predicted molar refractivity (Wildman–Crippen MR) is 105 cm³/mol. The third kappa shape index (κ3) is 5.01. The molecule has 0 unspecified atom stereocenters. The molecule has 0 radical (unpaired) electrons. The van der Waals surface area contributed by atoms with Crippen molar-refractivity contribution in [2.45, 2.75) is 38.2 Å². The van der Waals surface area contributed by atoms with Crippen LogP contribution in [0.25, 0.3) is 0 Å². The van der Waals surface area contributed by atoms with Crippen LogP contribution in [0.15, 0.2) is 24.3 Å². The molecule has 1 aliphatic heterocycles. The quantitative estimate of drug-likeness (QED) is 0.707. The van der Waals surface area contributed by atoms with Gasteiger partial charge in [0.25, 0.3) is 0 Å². The topological polar surface area (TPSA) is 35.9 Å². The van der Waals surface area contributed by atoms with Gasteiger partial charge in [-0.15, -0.1) is 0 Å². The number of fused-ring (bicyclic) bond motifs is 2. The van der Waals surface area contributed by atoms with E-state index in [4.69, 9.17) is 4.74 Å². The Morgan fingerprint density at radius 2 is 1.85 bits per heavy atom. The number of nitrogens with zero attached hydrogens (tertiary/aromatic N) is 2. The molecular weight excluding hydrogens is 343 g/mol. The highest BCUT2D eigenvalue weighted by Crippen LogP contribution is 2.49. The van der Waals surface area contributed by atoms with Gasteiger partial charge in [-0.1, -0.05) is 6.42 Å². The van der Waals surface area contributed by atoms with Gasteiger partial charge in [0, 0.05) is 45.0 Å². The van der Waals surface area contributed by atoms with E-state index in [1.54, 1.807) is 0 Å². The molecular formula is C22H33FN2O2. The predicted octanol–water partition coefficient (Wildman–Crippen LogP) is 3.15. The highest BCUT2D eigenvalue weighted by atomic mass is 19.1. The van der Waals surface area contributed by atoms with Crippen LogP contribution in [0, 0.1) is 23.6 Å². The SMILES string of the molecule is O[C@H](COCC[C@@H]1C[C@H]2CC[C@H]1C2)CN1CCN(c2ccc(F)cc2)CC1. The number of aliphatic hydroxyl groups excluding tert-OH is 1. The van der Waals surface area contributed by atoms with E-state index in [1.165, 1.54) is 44.2 Å². The molecule has 0 amide bonds. The summed E-state index contributed by atoms with van der Waals surface area (Å²) in [6.45, 7) is 5.56. The molecule has 3 fully saturated rings. The lowest BCUT2D eigenvalue weighted by Crippen LogP contribution is -2.49. The standard InChI is InChI=1S/C22H33FN2O2/c23-20-3-5-21(6-4-20)25-10-8-24(9-11-25)15-22(26)16-27-12-7-19-14-17-1-2-18(19)13-17/h3-6,17-19,22,26H,1-2,7-16H2/t17-,18-,19+,22-/m0/s1. The third-order valence-electron chi connectivity index (χ3n) is 6.86. The van der Waals surface area contributed by atoms with Crippen molar-refractivity contribution in [3.05, 3.63) is 30.1 Å². The minimum absolute atomic E-state index is 0.194. The lowest BCUT2D eigenvalue weighted by Gasteiger charge is -2.36. The van der Waals surface area contributed by atoms with E-state index in [0.29, 0.717) is 13.2 Å². The number of piperazine rings is 1. The number of β-amino-alcohol motifs (C(OH)–C–C–N with tert-alkyl or cyclic N) is 1. The summed E-state index contributed by atoms with van der Waals surface area (Å²) >= 11 is 0. The van der Waals surface area contributed by atoms with Gasteiger partial charge in [0.1, 0.15) is 5.82 Å². The van der Waals surface area contributed by atoms with Crippen molar-refractivity contribution in [2.24, 2.45) is 17.8 Å². The summed E-state index contributed by atoms with van der Waals surface area (Å²) in [5.41, 5.74) is 1.07. The summed E-state index contributed by atoms with van der Waals surface area (Å²) in [7, 11) is 0. The van der Waals surface area contributed by atoms with Crippen LogP contribution in [0.2, 0.25) is 0 Å². The molecule has 0 spiro atoms. The molecule has 150 valence electrons. The van der Waals surface area contributed by atoms with Gasteiger partial charge in [-0.25, -0.2) is 4.39 Å². The summed E-state index contributed by atoms with van der Waals surface area (Å²) < 4.78 is 18.8. The van der Waals surface area contributed by atoms with Crippen molar-refractivity contribution in [3.63, 3.8) is 0 Å². The Morgan fingerprint density at radius 1 is 1.07 bits per heavy atom. The Bertz CT molecular complexity index is 588. The van der Waals surface area contributed by atoms with Crippen molar-refractivity contribution in [1.82, 2.24) is 4.90 Å². The Hall–Kier alpha value is -1.17. The largest absolute Gasteiger partial charge is 0.389 e. The number of ether oxygens (including phenoxy) is 1. The van der Waals surface area contributed by atoms with E-state index < -0.39 is 6.10 Å². The fourth-order valence-corrected chi connectivity index (χ4v) is 5.38. The van der Waals surface area contributed by atoms with Crippen LogP contribution in [0.4, 0.5) is 10.1 Å². The molecule has 4 nitrogen and oxygen atoms in total. The molecule has 2 saturated carbocycles. The molecule has 1 saturated heterocycles. The maximum atomic E-state index is 13.0. The summed E-state index contributed by atoms with van der Waals surface area (Å²) in [5.74, 6) is 2.64. The van der Waals surface area contributed by atoms with Crippen molar-refractivity contribution in [1.29, 1.82) is 0 Å². The van der Waals surface area contributed by atoms with Crippen LogP contribution in [0.5, 0.6) is 0 Å². The number of hydrogen-bond donors (Lipinski definition) is 1. The molecule has 1 aromatic rings. The summed E-state index contributed by atoms with van der Waals surface area (Å²) in [4.78, 5) is 4.57. The summed E-state index contributed by atoms with van der Waals surface area (Å²) in [5, 5.41) is 10.3. The highest BCUT2D eigenvalue weighted by molar-refractivity contribution is 5.46. The zero-order valence-corrected chi connectivity index (χ0v) is 16.2. The van der Waals surface area contributed by atoms with E-state index in [2.05, 4.69) is 9.80 Å². The molecule has 4 atom stereocenters. The molecule has 5 heteroatoms. The van der Waals surface area contributed by atoms with Crippen LogP contribution in [-0.2, 0) is 4.74 Å². The molecule has 1 aromatic carbocycles. The van der Waals surface area contributed by atoms with Crippen molar-refractivity contribution >= 4 is 5.69 Å². The minimum Gasteiger partial charge on any atom is -0.389 e. The van der Waals surface area contributed by atoms with Gasteiger partial charge in [-0.05, 0) is 67.7 Å². The lowest BCUT2D eigenvalue weighted by atomic mass is 9.87. The Kier molecular flexibility index (Phi) is 6.31. The number of anilines is 1. The van der Waals surface area contributed by atoms with Gasteiger partial charge in [0.15, 0.2) is 0 Å². The molecule has 27 heavy (non-hydrogen) atoms. The molecule has 2 aliphatic carbocycles. The van der Waals surface area contributed by atoms with Crippen molar-refractivity contribution in [2.75, 3.05) is 50.8 Å². The van der Waals surface area contributed by atoms with Gasteiger partial charge in [-0.2, -0.15) is 0 Å². The van der Waals surface area contributed by atoms with E-state index in [1.807, 2.05) is 12.1 Å². The van der Waals surface area contributed by atoms with Gasteiger partial charge in [0.05, 0.1) is 12.7 Å². The minimum atomic E-state index is -0.414. The van der Waals surface area contributed by atoms with Gasteiger partial charge < -0.3 is 14.7 Å². The van der Waals surface area contributed by atoms with Crippen LogP contribution >= 0.6 is 0 Å². The van der Waals surface area contributed by atoms with Gasteiger partial charge in [0.2, 0.25) is 0 Å². The fourth-order valence-electron chi connectivity index (χ4n) is 5.38. The average molecular weight is 377 g/mol. The molecule has 4 rings (SSSR count). The number of benzene rings is 1. The second kappa shape index (κ2) is 8.89. The second-order valence-corrected chi connectivity index (χ2v) is 8.72. The Labute approximate surface area is 162 Å². The van der Waals surface area contributed by atoms with Crippen molar-refractivity contribution < 1.29 is 14.2 Å². The van der Waals surface area contributed by atoms with E-state index in [0.717, 1.165) is 56.2 Å². The smallest absolute Gasteiger partial charge is 0.123 e. The zero-order valence-electron chi connectivity index (χ0n) is 16.2. The highest BCUT2D eigenvalue weighted by Gasteiger charge is 2.38. The van der Waals surface area contributed by atoms with Crippen molar-refractivity contribution in [3.8, 4) is 0 Å². The molecule has 3 aliphatic rings. The molecule has 0 aromatic heterocycles. The normalized spacial score (nSPS) is 29.4. The Balaban J connectivity index is 1.09. The van der Waals surface area contributed by atoms with Crippen LogP contribution in [-0.4, -0.2) is 62.0 Å². The number of halogens is 1. The van der Waals surface area contributed by atoms with E-state index >= 15 is 0 Å². The van der Waals surface area contributed by atoms with Crippen LogP contribution in [0.1, 0.15) is 32.1 Å². The number of rotatable bonds is 8. The maximum absolute atomic E-state index is 13.0. The molecule has 1 N–H and O–H groups in total. The second-order valence-electron chi connectivity index (χ2n) is 8.72. The summed E-state index contributed by atoms with van der Waals surface area (Å²) in [6.07, 6.45) is 6.51. The first-order valence-electron chi connectivity index (χ1n) is 10.7. The average Bonchev–Trinajstić information content (AvgIpc) is 3.30. The first-order chi connectivity index (χ1) is 13.2. The van der Waals surface area contributed by atoms with E-state index in [9.17, 15) is 9.50 Å². The van der Waals surface area contributed by atoms with Gasteiger partial charge in [-0.3, -0.25) is 4.90 Å². The first kappa shape index (κ1) is 19.2. The Morgan fingerprint density at radius 3 is 2.52 bits per heavy atom. The van der Waals surface area contributed by atoms with Crippen LogP contribution in [0.3, 0.4) is 0 Å². The fraction of sp³-hybridized carbons (Fsp3) is 0.727.